The van der Waals surface area contributed by atoms with Crippen molar-refractivity contribution >= 4 is 5.91 Å². The van der Waals surface area contributed by atoms with Gasteiger partial charge in [-0.05, 0) is 32.1 Å². The molecule has 92 valence electrons. The van der Waals surface area contributed by atoms with Crippen LogP contribution in [0, 0.1) is 5.92 Å². The van der Waals surface area contributed by atoms with Crippen molar-refractivity contribution in [1.82, 2.24) is 4.90 Å². The second kappa shape index (κ2) is 4.34. The minimum Gasteiger partial charge on any atom is -0.382 e. The average molecular weight is 226 g/mol. The van der Waals surface area contributed by atoms with Crippen molar-refractivity contribution in [3.8, 4) is 0 Å². The van der Waals surface area contributed by atoms with Gasteiger partial charge in [-0.1, -0.05) is 0 Å². The third-order valence-electron chi connectivity index (χ3n) is 3.88. The van der Waals surface area contributed by atoms with E-state index in [2.05, 4.69) is 0 Å². The van der Waals surface area contributed by atoms with Gasteiger partial charge in [0.25, 0.3) is 0 Å². The summed E-state index contributed by atoms with van der Waals surface area (Å²) >= 11 is 0. The van der Waals surface area contributed by atoms with Crippen molar-refractivity contribution in [3.63, 3.8) is 0 Å². The molecule has 1 saturated carbocycles. The first-order chi connectivity index (χ1) is 7.55. The molecule has 0 aromatic heterocycles. The summed E-state index contributed by atoms with van der Waals surface area (Å²) in [6.07, 6.45) is 4.04. The number of rotatable bonds is 5. The predicted molar refractivity (Wildman–Crippen MR) is 61.9 cm³/mol. The summed E-state index contributed by atoms with van der Waals surface area (Å²) in [5.41, 5.74) is 6.15. The van der Waals surface area contributed by atoms with E-state index in [9.17, 15) is 4.79 Å². The Hall–Kier alpha value is -0.610. The number of hydrogen-bond donors (Lipinski definition) is 1. The van der Waals surface area contributed by atoms with Gasteiger partial charge in [-0.2, -0.15) is 0 Å². The Kier molecular flexibility index (Phi) is 3.22. The van der Waals surface area contributed by atoms with Crippen molar-refractivity contribution in [2.75, 3.05) is 20.2 Å². The second-order valence-electron chi connectivity index (χ2n) is 5.34. The Morgan fingerprint density at radius 2 is 2.19 bits per heavy atom. The lowest BCUT2D eigenvalue weighted by Gasteiger charge is -2.48. The Morgan fingerprint density at radius 1 is 1.56 bits per heavy atom. The number of methoxy groups -OCH3 is 1. The molecule has 1 aliphatic carbocycles. The molecule has 1 saturated heterocycles. The van der Waals surface area contributed by atoms with Crippen molar-refractivity contribution in [1.29, 1.82) is 0 Å². The lowest BCUT2D eigenvalue weighted by molar-refractivity contribution is -0.140. The van der Waals surface area contributed by atoms with E-state index in [1.165, 1.54) is 12.8 Å². The maximum atomic E-state index is 11.8. The van der Waals surface area contributed by atoms with Crippen molar-refractivity contribution < 1.29 is 9.53 Å². The molecule has 1 atom stereocenters. The normalized spacial score (nSPS) is 25.1. The summed E-state index contributed by atoms with van der Waals surface area (Å²) in [6, 6.07) is 0. The van der Waals surface area contributed by atoms with E-state index in [0.29, 0.717) is 12.3 Å². The molecule has 1 amide bonds. The highest BCUT2D eigenvalue weighted by Gasteiger charge is 2.51. The van der Waals surface area contributed by atoms with Crippen LogP contribution in [0.25, 0.3) is 0 Å². The minimum absolute atomic E-state index is 0.0530. The van der Waals surface area contributed by atoms with Crippen LogP contribution in [0.1, 0.15) is 32.6 Å². The van der Waals surface area contributed by atoms with E-state index in [1.54, 1.807) is 7.11 Å². The van der Waals surface area contributed by atoms with Crippen LogP contribution in [0.3, 0.4) is 0 Å². The van der Waals surface area contributed by atoms with Gasteiger partial charge in [0.1, 0.15) is 0 Å². The van der Waals surface area contributed by atoms with Crippen molar-refractivity contribution in [2.24, 2.45) is 11.7 Å². The van der Waals surface area contributed by atoms with Crippen molar-refractivity contribution in [3.05, 3.63) is 0 Å². The van der Waals surface area contributed by atoms with Crippen LogP contribution in [0.15, 0.2) is 0 Å². The van der Waals surface area contributed by atoms with E-state index < -0.39 is 0 Å². The van der Waals surface area contributed by atoms with Gasteiger partial charge >= 0.3 is 0 Å². The molecule has 0 radical (unpaired) electrons. The zero-order valence-electron chi connectivity index (χ0n) is 10.2. The fourth-order valence-electron chi connectivity index (χ4n) is 2.36. The molecule has 2 N–H and O–H groups in total. The molecule has 1 aliphatic heterocycles. The van der Waals surface area contributed by atoms with E-state index in [-0.39, 0.29) is 17.6 Å². The number of amides is 1. The minimum atomic E-state index is -0.0530. The third-order valence-corrected chi connectivity index (χ3v) is 3.88. The molecule has 4 nitrogen and oxygen atoms in total. The summed E-state index contributed by atoms with van der Waals surface area (Å²) < 4.78 is 5.13. The number of carbonyl (C=O) groups is 1. The monoisotopic (exact) mass is 226 g/mol. The molecule has 1 heterocycles. The van der Waals surface area contributed by atoms with Gasteiger partial charge in [0, 0.05) is 26.6 Å². The van der Waals surface area contributed by atoms with Crippen molar-refractivity contribution in [2.45, 2.75) is 44.2 Å². The van der Waals surface area contributed by atoms with Gasteiger partial charge in [0.05, 0.1) is 11.6 Å². The first kappa shape index (κ1) is 11.9. The van der Waals surface area contributed by atoms with E-state index in [0.717, 1.165) is 19.5 Å². The van der Waals surface area contributed by atoms with Crippen LogP contribution in [-0.2, 0) is 9.53 Å². The standard InChI is InChI=1S/C12H22N2O2/c1-9(16-2)3-6-11(15)14-7-12(13,8-14)10-4-5-10/h9-10H,3-8,13H2,1-2H3. The third kappa shape index (κ3) is 2.38. The van der Waals surface area contributed by atoms with Gasteiger partial charge < -0.3 is 15.4 Å². The average Bonchev–Trinajstić information content (AvgIpc) is 3.04. The quantitative estimate of drug-likeness (QED) is 0.752. The highest BCUT2D eigenvalue weighted by Crippen LogP contribution is 2.43. The SMILES string of the molecule is COC(C)CCC(=O)N1CC(N)(C2CC2)C1. The van der Waals surface area contributed by atoms with E-state index >= 15 is 0 Å². The summed E-state index contributed by atoms with van der Waals surface area (Å²) in [5, 5.41) is 0. The Balaban J connectivity index is 1.68. The molecule has 0 spiro atoms. The number of carbonyl (C=O) groups excluding carboxylic acids is 1. The molecular formula is C12H22N2O2. The van der Waals surface area contributed by atoms with Crippen LogP contribution in [-0.4, -0.2) is 42.6 Å². The largest absolute Gasteiger partial charge is 0.382 e. The zero-order chi connectivity index (χ0) is 11.8. The molecule has 2 rings (SSSR count). The van der Waals surface area contributed by atoms with Gasteiger partial charge in [0.15, 0.2) is 0 Å². The highest BCUT2D eigenvalue weighted by molar-refractivity contribution is 5.77. The fourth-order valence-corrected chi connectivity index (χ4v) is 2.36. The van der Waals surface area contributed by atoms with Crippen LogP contribution < -0.4 is 5.73 Å². The Labute approximate surface area is 97.1 Å². The molecule has 4 heteroatoms. The summed E-state index contributed by atoms with van der Waals surface area (Å²) in [6.45, 7) is 3.51. The molecule has 16 heavy (non-hydrogen) atoms. The van der Waals surface area contributed by atoms with Crippen LogP contribution in [0.5, 0.6) is 0 Å². The lowest BCUT2D eigenvalue weighted by Crippen LogP contribution is -2.69. The topological polar surface area (TPSA) is 55.6 Å². The zero-order valence-corrected chi connectivity index (χ0v) is 10.2. The van der Waals surface area contributed by atoms with Crippen LogP contribution in [0.4, 0.5) is 0 Å². The molecule has 1 unspecified atom stereocenters. The fraction of sp³-hybridized carbons (Fsp3) is 0.917. The first-order valence-electron chi connectivity index (χ1n) is 6.14. The number of hydrogen-bond acceptors (Lipinski definition) is 3. The van der Waals surface area contributed by atoms with E-state index in [1.807, 2.05) is 11.8 Å². The predicted octanol–water partition coefficient (Wildman–Crippen LogP) is 0.751. The molecule has 0 aromatic carbocycles. The lowest BCUT2D eigenvalue weighted by atomic mass is 9.85. The maximum absolute atomic E-state index is 11.8. The highest BCUT2D eigenvalue weighted by atomic mass is 16.5. The number of nitrogens with two attached hydrogens (primary N) is 1. The van der Waals surface area contributed by atoms with Gasteiger partial charge in [-0.15, -0.1) is 0 Å². The van der Waals surface area contributed by atoms with Crippen LogP contribution >= 0.6 is 0 Å². The summed E-state index contributed by atoms with van der Waals surface area (Å²) in [7, 11) is 1.68. The molecule has 2 aliphatic rings. The van der Waals surface area contributed by atoms with Gasteiger partial charge in [0.2, 0.25) is 5.91 Å². The Bertz CT molecular complexity index is 270. The number of ether oxygens (including phenoxy) is 1. The molecule has 0 bridgehead atoms. The molecular weight excluding hydrogens is 204 g/mol. The maximum Gasteiger partial charge on any atom is 0.222 e. The van der Waals surface area contributed by atoms with Gasteiger partial charge in [-0.3, -0.25) is 4.79 Å². The number of likely N-dealkylation sites (tertiary alicyclic amines) is 1. The van der Waals surface area contributed by atoms with E-state index in [4.69, 9.17) is 10.5 Å². The van der Waals surface area contributed by atoms with Gasteiger partial charge in [-0.25, -0.2) is 0 Å². The first-order valence-corrected chi connectivity index (χ1v) is 6.14. The molecule has 0 aromatic rings. The smallest absolute Gasteiger partial charge is 0.222 e. The summed E-state index contributed by atoms with van der Waals surface area (Å²) in [5.74, 6) is 0.903. The molecule has 2 fully saturated rings. The van der Waals surface area contributed by atoms with Crippen LogP contribution in [0.2, 0.25) is 0 Å². The Morgan fingerprint density at radius 3 is 2.69 bits per heavy atom. The second-order valence-corrected chi connectivity index (χ2v) is 5.34. The summed E-state index contributed by atoms with van der Waals surface area (Å²) in [4.78, 5) is 13.7. The number of nitrogens with zero attached hydrogens (tertiary/aromatic N) is 1.